The molecule has 8 heteroatoms. The molecule has 3 aliphatic heterocycles. The topological polar surface area (TPSA) is 87.7 Å². The summed E-state index contributed by atoms with van der Waals surface area (Å²) in [5.74, 6) is -3.54. The summed E-state index contributed by atoms with van der Waals surface area (Å²) in [7, 11) is 0. The van der Waals surface area contributed by atoms with E-state index in [9.17, 15) is 18.8 Å². The zero-order valence-corrected chi connectivity index (χ0v) is 20.9. The third-order valence-corrected chi connectivity index (χ3v) is 7.38. The number of hydrogen-bond acceptors (Lipinski definition) is 4. The molecule has 0 aliphatic carbocycles. The third-order valence-electron chi connectivity index (χ3n) is 7.38. The van der Waals surface area contributed by atoms with E-state index >= 15 is 0 Å². The summed E-state index contributed by atoms with van der Waals surface area (Å²) in [4.78, 5) is 42.8. The van der Waals surface area contributed by atoms with Crippen LogP contribution >= 0.6 is 0 Å². The smallest absolute Gasteiger partial charge is 0.246 e. The lowest BCUT2D eigenvalue weighted by Crippen LogP contribution is -2.62. The summed E-state index contributed by atoms with van der Waals surface area (Å²) < 4.78 is 20.7. The molecule has 34 heavy (non-hydrogen) atoms. The molecular weight excluding hydrogens is 437 g/mol. The number of anilines is 1. The number of amides is 3. The average Bonchev–Trinajstić information content (AvgIpc) is 3.29. The highest BCUT2D eigenvalue weighted by atomic mass is 19.1. The summed E-state index contributed by atoms with van der Waals surface area (Å²) in [6.07, 6.45) is 4.15. The van der Waals surface area contributed by atoms with Crippen molar-refractivity contribution < 1.29 is 23.5 Å². The molecule has 7 nitrogen and oxygen atoms in total. The lowest BCUT2D eigenvalue weighted by Gasteiger charge is -2.42. The summed E-state index contributed by atoms with van der Waals surface area (Å²) >= 11 is 0. The molecule has 2 N–H and O–H groups in total. The Morgan fingerprint density at radius 1 is 1.12 bits per heavy atom. The molecule has 1 aromatic carbocycles. The molecule has 3 amide bonds. The summed E-state index contributed by atoms with van der Waals surface area (Å²) in [6.45, 7) is 13.1. The van der Waals surface area contributed by atoms with E-state index in [1.54, 1.807) is 30.0 Å². The van der Waals surface area contributed by atoms with Crippen LogP contribution in [0.4, 0.5) is 10.1 Å². The van der Waals surface area contributed by atoms with Gasteiger partial charge in [0.2, 0.25) is 17.7 Å². The Labute approximate surface area is 200 Å². The van der Waals surface area contributed by atoms with Crippen molar-refractivity contribution in [2.75, 3.05) is 5.32 Å². The first-order chi connectivity index (χ1) is 15.7. The van der Waals surface area contributed by atoms with Crippen LogP contribution in [0.1, 0.15) is 54.9 Å². The number of nitrogens with zero attached hydrogens (tertiary/aromatic N) is 1. The van der Waals surface area contributed by atoms with Crippen LogP contribution in [0.15, 0.2) is 36.4 Å². The van der Waals surface area contributed by atoms with Gasteiger partial charge in [0.05, 0.1) is 23.1 Å². The van der Waals surface area contributed by atoms with Gasteiger partial charge in [0.25, 0.3) is 0 Å². The normalized spacial score (nSPS) is 32.2. The van der Waals surface area contributed by atoms with Gasteiger partial charge < -0.3 is 20.3 Å². The number of likely N-dealkylation sites (tertiary alicyclic amines) is 1. The second-order valence-electron chi connectivity index (χ2n) is 11.4. The van der Waals surface area contributed by atoms with Crippen LogP contribution in [0.2, 0.25) is 0 Å². The number of benzene rings is 1. The molecular formula is C26H34FN3O4. The van der Waals surface area contributed by atoms with Gasteiger partial charge in [-0.05, 0) is 60.1 Å². The molecule has 2 saturated heterocycles. The molecule has 0 aromatic heterocycles. The Balaban J connectivity index is 1.79. The van der Waals surface area contributed by atoms with Gasteiger partial charge in [-0.15, -0.1) is 0 Å². The molecule has 0 unspecified atom stereocenters. The Hall–Kier alpha value is -2.74. The fourth-order valence-corrected chi connectivity index (χ4v) is 5.56. The van der Waals surface area contributed by atoms with E-state index in [2.05, 4.69) is 10.6 Å². The van der Waals surface area contributed by atoms with Gasteiger partial charge in [0.1, 0.15) is 17.5 Å². The van der Waals surface area contributed by atoms with Crippen LogP contribution in [0.5, 0.6) is 0 Å². The van der Waals surface area contributed by atoms with E-state index in [0.717, 1.165) is 0 Å². The maximum absolute atomic E-state index is 14.3. The minimum atomic E-state index is -1.29. The zero-order valence-electron chi connectivity index (χ0n) is 20.9. The molecule has 5 atom stereocenters. The number of fused-ring (bicyclic) bond motifs is 1. The number of nitrogens with one attached hydrogen (secondary N) is 2. The molecule has 2 fully saturated rings. The number of ether oxygens (including phenoxy) is 1. The molecule has 4 rings (SSSR count). The lowest BCUT2D eigenvalue weighted by atomic mass is 9.70. The van der Waals surface area contributed by atoms with E-state index in [0.29, 0.717) is 6.42 Å². The van der Waals surface area contributed by atoms with Crippen LogP contribution in [-0.4, -0.2) is 50.9 Å². The Kier molecular flexibility index (Phi) is 5.47. The molecule has 2 bridgehead atoms. The van der Waals surface area contributed by atoms with Crippen molar-refractivity contribution in [1.82, 2.24) is 10.2 Å². The van der Waals surface area contributed by atoms with Crippen molar-refractivity contribution in [1.29, 1.82) is 0 Å². The van der Waals surface area contributed by atoms with Crippen molar-refractivity contribution in [3.05, 3.63) is 42.2 Å². The van der Waals surface area contributed by atoms with Gasteiger partial charge >= 0.3 is 0 Å². The number of hydrogen-bond donors (Lipinski definition) is 2. The number of carbonyl (C=O) groups excluding carboxylic acids is 3. The standard InChI is InChI=1S/C26H34FN3O4/c1-8-24(5,6)30-19(21(32)29-23(2,3)4)26-14-13-25(7,34-26)17(18(26)22(30)33)20(31)28-16-12-10-9-11-15(16)27/h9-14,17-19H,8H2,1-7H3,(H,28,31)(H,29,32)/t17-,18-,19+,25+,26-/m0/s1. The maximum atomic E-state index is 14.3. The van der Waals surface area contributed by atoms with Gasteiger partial charge in [-0.25, -0.2) is 4.39 Å². The van der Waals surface area contributed by atoms with Crippen molar-refractivity contribution in [3.8, 4) is 0 Å². The molecule has 3 aliphatic rings. The van der Waals surface area contributed by atoms with Gasteiger partial charge in [0, 0.05) is 11.1 Å². The minimum Gasteiger partial charge on any atom is -0.356 e. The van der Waals surface area contributed by atoms with E-state index in [4.69, 9.17) is 4.74 Å². The van der Waals surface area contributed by atoms with Crippen molar-refractivity contribution >= 4 is 23.4 Å². The quantitative estimate of drug-likeness (QED) is 0.645. The van der Waals surface area contributed by atoms with Crippen LogP contribution < -0.4 is 10.6 Å². The Bertz CT molecular complexity index is 1080. The van der Waals surface area contributed by atoms with Crippen LogP contribution in [0.25, 0.3) is 0 Å². The first-order valence-electron chi connectivity index (χ1n) is 11.8. The third kappa shape index (κ3) is 3.54. The summed E-state index contributed by atoms with van der Waals surface area (Å²) in [5, 5.41) is 5.65. The van der Waals surface area contributed by atoms with E-state index < -0.39 is 51.9 Å². The fourth-order valence-electron chi connectivity index (χ4n) is 5.56. The van der Waals surface area contributed by atoms with Crippen LogP contribution in [0, 0.1) is 17.7 Å². The molecule has 0 saturated carbocycles. The Morgan fingerprint density at radius 3 is 2.35 bits per heavy atom. The molecule has 1 aromatic rings. The SMILES string of the molecule is CCC(C)(C)N1C(=O)[C@@H]2[C@@H](C(=O)Nc3ccccc3F)[C@@]3(C)C=C[C@@]2(O3)[C@H]1C(=O)NC(C)(C)C. The summed E-state index contributed by atoms with van der Waals surface area (Å²) in [6, 6.07) is 4.95. The van der Waals surface area contributed by atoms with Gasteiger partial charge in [-0.3, -0.25) is 14.4 Å². The van der Waals surface area contributed by atoms with Crippen LogP contribution in [-0.2, 0) is 19.1 Å². The van der Waals surface area contributed by atoms with Gasteiger partial charge in [-0.2, -0.15) is 0 Å². The van der Waals surface area contributed by atoms with E-state index in [-0.39, 0.29) is 17.5 Å². The molecule has 1 spiro atoms. The molecule has 3 heterocycles. The van der Waals surface area contributed by atoms with Crippen LogP contribution in [0.3, 0.4) is 0 Å². The zero-order chi connectivity index (χ0) is 25.3. The monoisotopic (exact) mass is 471 g/mol. The van der Waals surface area contributed by atoms with Crippen molar-refractivity contribution in [3.63, 3.8) is 0 Å². The maximum Gasteiger partial charge on any atom is 0.246 e. The number of carbonyl (C=O) groups is 3. The molecule has 0 radical (unpaired) electrons. The highest BCUT2D eigenvalue weighted by Gasteiger charge is 2.77. The highest BCUT2D eigenvalue weighted by molar-refractivity contribution is 6.03. The predicted molar refractivity (Wildman–Crippen MR) is 126 cm³/mol. The lowest BCUT2D eigenvalue weighted by molar-refractivity contribution is -0.151. The van der Waals surface area contributed by atoms with Crippen molar-refractivity contribution in [2.24, 2.45) is 11.8 Å². The summed E-state index contributed by atoms with van der Waals surface area (Å²) in [5.41, 5.74) is -3.53. The minimum absolute atomic E-state index is 0.0371. The number of para-hydroxylation sites is 1. The first kappa shape index (κ1) is 24.4. The van der Waals surface area contributed by atoms with Gasteiger partial charge in [0.15, 0.2) is 0 Å². The largest absolute Gasteiger partial charge is 0.356 e. The number of rotatable bonds is 5. The first-order valence-corrected chi connectivity index (χ1v) is 11.8. The highest BCUT2D eigenvalue weighted by Crippen LogP contribution is 2.61. The second-order valence-corrected chi connectivity index (χ2v) is 11.4. The predicted octanol–water partition coefficient (Wildman–Crippen LogP) is 3.41. The van der Waals surface area contributed by atoms with Gasteiger partial charge in [-0.1, -0.05) is 31.2 Å². The van der Waals surface area contributed by atoms with E-state index in [1.807, 2.05) is 41.5 Å². The van der Waals surface area contributed by atoms with Crippen molar-refractivity contribution in [2.45, 2.75) is 83.2 Å². The van der Waals surface area contributed by atoms with E-state index in [1.165, 1.54) is 18.2 Å². The number of halogens is 1. The average molecular weight is 472 g/mol. The second kappa shape index (κ2) is 7.63. The fraction of sp³-hybridized carbons (Fsp3) is 0.577. The Morgan fingerprint density at radius 2 is 1.76 bits per heavy atom. The molecule has 184 valence electrons.